The number of rotatable bonds is 14. The summed E-state index contributed by atoms with van der Waals surface area (Å²) < 4.78 is 32.3. The van der Waals surface area contributed by atoms with Crippen LogP contribution < -0.4 is 4.72 Å². The molecule has 0 aliphatic carbocycles. The first kappa shape index (κ1) is 23.1. The lowest BCUT2D eigenvalue weighted by atomic mass is 10.1. The second kappa shape index (κ2) is 13.3. The Morgan fingerprint density at radius 2 is 1.42 bits per heavy atom. The van der Waals surface area contributed by atoms with E-state index in [0.29, 0.717) is 17.9 Å². The molecule has 1 N–H and O–H groups in total. The summed E-state index contributed by atoms with van der Waals surface area (Å²) in [4.78, 5) is 11.3. The lowest BCUT2D eigenvalue weighted by Crippen LogP contribution is -2.24. The number of carbonyl (C=O) groups is 1. The molecule has 1 rings (SSSR count). The number of esters is 1. The van der Waals surface area contributed by atoms with Crippen LogP contribution in [0, 0.1) is 0 Å². The van der Waals surface area contributed by atoms with Gasteiger partial charge in [0.25, 0.3) is 0 Å². The van der Waals surface area contributed by atoms with Crippen LogP contribution in [0.4, 0.5) is 0 Å². The molecule has 5 nitrogen and oxygen atoms in total. The molecule has 0 radical (unpaired) electrons. The Kier molecular flexibility index (Phi) is 11.8. The Labute approximate surface area is 166 Å². The van der Waals surface area contributed by atoms with Crippen LogP contribution in [0.3, 0.4) is 0 Å². The topological polar surface area (TPSA) is 72.5 Å². The molecule has 0 amide bonds. The summed E-state index contributed by atoms with van der Waals surface area (Å²) in [6, 6.07) is 6.64. The molecule has 1 aromatic carbocycles. The van der Waals surface area contributed by atoms with Crippen molar-refractivity contribution in [1.82, 2.24) is 4.72 Å². The van der Waals surface area contributed by atoms with Crippen LogP contribution in [0.15, 0.2) is 33.6 Å². The summed E-state index contributed by atoms with van der Waals surface area (Å²) in [5.74, 6) is -0.124. The van der Waals surface area contributed by atoms with Crippen molar-refractivity contribution in [3.05, 3.63) is 28.7 Å². The molecule has 0 saturated carbocycles. The van der Waals surface area contributed by atoms with Crippen LogP contribution in [0.1, 0.15) is 64.2 Å². The largest absolute Gasteiger partial charge is 0.469 e. The highest BCUT2D eigenvalue weighted by molar-refractivity contribution is 9.10. The Morgan fingerprint density at radius 1 is 0.923 bits per heavy atom. The van der Waals surface area contributed by atoms with E-state index in [-0.39, 0.29) is 5.97 Å². The van der Waals surface area contributed by atoms with Crippen molar-refractivity contribution in [3.8, 4) is 0 Å². The van der Waals surface area contributed by atoms with Crippen molar-refractivity contribution in [1.29, 1.82) is 0 Å². The number of sulfonamides is 1. The highest BCUT2D eigenvalue weighted by Crippen LogP contribution is 2.15. The van der Waals surface area contributed by atoms with Crippen molar-refractivity contribution in [2.45, 2.75) is 69.1 Å². The Hall–Kier alpha value is -0.920. The number of nitrogens with one attached hydrogen (secondary N) is 1. The van der Waals surface area contributed by atoms with Crippen molar-refractivity contribution in [2.75, 3.05) is 13.7 Å². The summed E-state index contributed by atoms with van der Waals surface area (Å²) in [5.41, 5.74) is 0. The number of ether oxygens (including phenoxy) is 1. The van der Waals surface area contributed by atoms with Gasteiger partial charge >= 0.3 is 5.97 Å². The van der Waals surface area contributed by atoms with Gasteiger partial charge in [0.1, 0.15) is 0 Å². The van der Waals surface area contributed by atoms with Gasteiger partial charge in [-0.1, -0.05) is 60.9 Å². The van der Waals surface area contributed by atoms with Gasteiger partial charge in [0.2, 0.25) is 10.0 Å². The fourth-order valence-electron chi connectivity index (χ4n) is 2.64. The first-order chi connectivity index (χ1) is 12.5. The molecule has 0 fully saturated rings. The molecule has 0 saturated heterocycles. The molecule has 148 valence electrons. The number of halogens is 1. The molecule has 0 heterocycles. The second-order valence-electron chi connectivity index (χ2n) is 6.36. The average Bonchev–Trinajstić information content (AvgIpc) is 2.62. The summed E-state index contributed by atoms with van der Waals surface area (Å²) >= 11 is 3.30. The molecule has 7 heteroatoms. The van der Waals surface area contributed by atoms with Gasteiger partial charge in [-0.15, -0.1) is 0 Å². The van der Waals surface area contributed by atoms with Gasteiger partial charge < -0.3 is 4.74 Å². The number of carbonyl (C=O) groups excluding carboxylic acids is 1. The van der Waals surface area contributed by atoms with E-state index in [2.05, 4.69) is 25.4 Å². The van der Waals surface area contributed by atoms with Crippen LogP contribution >= 0.6 is 15.9 Å². The van der Waals surface area contributed by atoms with Gasteiger partial charge in [0.15, 0.2) is 0 Å². The third-order valence-corrected chi connectivity index (χ3v) is 6.21. The Balaban J connectivity index is 1.97. The average molecular weight is 448 g/mol. The SMILES string of the molecule is COC(=O)CCCCCCCCCCCNS(=O)(=O)c1ccc(Br)cc1. The smallest absolute Gasteiger partial charge is 0.305 e. The summed E-state index contributed by atoms with van der Waals surface area (Å²) in [6.45, 7) is 0.478. The van der Waals surface area contributed by atoms with Crippen LogP contribution in [-0.4, -0.2) is 28.0 Å². The van der Waals surface area contributed by atoms with Crippen LogP contribution in [0.2, 0.25) is 0 Å². The summed E-state index contributed by atoms with van der Waals surface area (Å²) in [5, 5.41) is 0. The van der Waals surface area contributed by atoms with E-state index in [1.165, 1.54) is 26.4 Å². The van der Waals surface area contributed by atoms with Crippen molar-refractivity contribution in [2.24, 2.45) is 0 Å². The number of hydrogen-bond acceptors (Lipinski definition) is 4. The standard InChI is InChI=1S/C19H30BrNO4S/c1-25-19(22)11-9-7-5-3-2-4-6-8-10-16-21-26(23,24)18-14-12-17(20)13-15-18/h12-15,21H,2-11,16H2,1H3. The number of hydrogen-bond donors (Lipinski definition) is 1. The normalized spacial score (nSPS) is 11.5. The van der Waals surface area contributed by atoms with Gasteiger partial charge in [-0.25, -0.2) is 13.1 Å². The quantitative estimate of drug-likeness (QED) is 0.328. The lowest BCUT2D eigenvalue weighted by molar-refractivity contribution is -0.140. The molecular formula is C19H30BrNO4S. The minimum Gasteiger partial charge on any atom is -0.469 e. The number of unbranched alkanes of at least 4 members (excludes halogenated alkanes) is 8. The zero-order valence-electron chi connectivity index (χ0n) is 15.5. The summed E-state index contributed by atoms with van der Waals surface area (Å²) in [7, 11) is -1.97. The van der Waals surface area contributed by atoms with Crippen molar-refractivity contribution < 1.29 is 17.9 Å². The van der Waals surface area contributed by atoms with E-state index < -0.39 is 10.0 Å². The number of methoxy groups -OCH3 is 1. The van der Waals surface area contributed by atoms with Crippen LogP contribution in [-0.2, 0) is 19.6 Å². The van der Waals surface area contributed by atoms with E-state index >= 15 is 0 Å². The van der Waals surface area contributed by atoms with Crippen molar-refractivity contribution >= 4 is 31.9 Å². The van der Waals surface area contributed by atoms with Gasteiger partial charge in [-0.05, 0) is 37.1 Å². The van der Waals surface area contributed by atoms with E-state index in [9.17, 15) is 13.2 Å². The number of benzene rings is 1. The molecule has 0 aliphatic heterocycles. The van der Waals surface area contributed by atoms with Gasteiger partial charge in [-0.2, -0.15) is 0 Å². The van der Waals surface area contributed by atoms with E-state index in [1.807, 2.05) is 0 Å². The second-order valence-corrected chi connectivity index (χ2v) is 9.04. The van der Waals surface area contributed by atoms with Gasteiger partial charge in [-0.3, -0.25) is 4.79 Å². The maximum Gasteiger partial charge on any atom is 0.305 e. The molecule has 0 unspecified atom stereocenters. The molecule has 0 bridgehead atoms. The predicted octanol–water partition coefficient (Wildman–Crippen LogP) is 4.80. The summed E-state index contributed by atoms with van der Waals surface area (Å²) in [6.07, 6.45) is 10.2. The Bertz CT molecular complexity index is 617. The molecule has 1 aromatic rings. The van der Waals surface area contributed by atoms with Crippen LogP contribution in [0.25, 0.3) is 0 Å². The highest BCUT2D eigenvalue weighted by atomic mass is 79.9. The zero-order chi connectivity index (χ0) is 19.3. The third-order valence-electron chi connectivity index (χ3n) is 4.20. The predicted molar refractivity (Wildman–Crippen MR) is 108 cm³/mol. The van der Waals surface area contributed by atoms with E-state index in [4.69, 9.17) is 0 Å². The monoisotopic (exact) mass is 447 g/mol. The van der Waals surface area contributed by atoms with Gasteiger partial charge in [0, 0.05) is 17.4 Å². The Morgan fingerprint density at radius 3 is 1.96 bits per heavy atom. The highest BCUT2D eigenvalue weighted by Gasteiger charge is 2.12. The fraction of sp³-hybridized carbons (Fsp3) is 0.632. The van der Waals surface area contributed by atoms with E-state index in [1.54, 1.807) is 24.3 Å². The van der Waals surface area contributed by atoms with Gasteiger partial charge in [0.05, 0.1) is 12.0 Å². The molecule has 0 spiro atoms. The first-order valence-electron chi connectivity index (χ1n) is 9.28. The third kappa shape index (κ3) is 10.3. The fourth-order valence-corrected chi connectivity index (χ4v) is 3.98. The molecule has 0 atom stereocenters. The minimum atomic E-state index is -3.40. The molecule has 0 aromatic heterocycles. The van der Waals surface area contributed by atoms with E-state index in [0.717, 1.165) is 43.0 Å². The molecule has 0 aliphatic rings. The molecular weight excluding hydrogens is 418 g/mol. The maximum absolute atomic E-state index is 12.1. The molecule has 26 heavy (non-hydrogen) atoms. The maximum atomic E-state index is 12.1. The first-order valence-corrected chi connectivity index (χ1v) is 11.6. The van der Waals surface area contributed by atoms with Crippen LogP contribution in [0.5, 0.6) is 0 Å². The lowest BCUT2D eigenvalue weighted by Gasteiger charge is -2.07. The van der Waals surface area contributed by atoms with Crippen molar-refractivity contribution in [3.63, 3.8) is 0 Å². The minimum absolute atomic E-state index is 0.124. The zero-order valence-corrected chi connectivity index (χ0v) is 17.9.